The zero-order valence-corrected chi connectivity index (χ0v) is 10.3. The predicted octanol–water partition coefficient (Wildman–Crippen LogP) is 1.64. The van der Waals surface area contributed by atoms with E-state index in [-0.39, 0.29) is 0 Å². The lowest BCUT2D eigenvalue weighted by molar-refractivity contribution is 0.661. The number of nitrogens with two attached hydrogens (primary N) is 1. The van der Waals surface area contributed by atoms with Crippen LogP contribution in [0.4, 0.5) is 11.6 Å². The molecule has 2 N–H and O–H groups in total. The Bertz CT molecular complexity index is 305. The lowest BCUT2D eigenvalue weighted by Crippen LogP contribution is -2.30. The van der Waals surface area contributed by atoms with Gasteiger partial charge in [-0.25, -0.2) is 9.97 Å². The Hall–Kier alpha value is -0.970. The highest BCUT2D eigenvalue weighted by atomic mass is 32.2. The summed E-state index contributed by atoms with van der Waals surface area (Å²) in [5.41, 5.74) is 5.61. The number of rotatable bonds is 5. The van der Waals surface area contributed by atoms with Gasteiger partial charge in [-0.2, -0.15) is 11.8 Å². The molecule has 0 fully saturated rings. The molecule has 15 heavy (non-hydrogen) atoms. The third-order valence-electron chi connectivity index (χ3n) is 2.44. The lowest BCUT2D eigenvalue weighted by Gasteiger charge is -2.25. The Balaban J connectivity index is 2.62. The van der Waals surface area contributed by atoms with Crippen molar-refractivity contribution in [3.63, 3.8) is 0 Å². The fourth-order valence-corrected chi connectivity index (χ4v) is 1.84. The van der Waals surface area contributed by atoms with Gasteiger partial charge in [0, 0.05) is 19.2 Å². The van der Waals surface area contributed by atoms with Gasteiger partial charge in [0.2, 0.25) is 0 Å². The van der Waals surface area contributed by atoms with Gasteiger partial charge in [-0.15, -0.1) is 0 Å². The van der Waals surface area contributed by atoms with Crippen molar-refractivity contribution in [2.45, 2.75) is 19.4 Å². The highest BCUT2D eigenvalue weighted by Crippen LogP contribution is 2.15. The van der Waals surface area contributed by atoms with E-state index in [2.05, 4.69) is 28.0 Å². The van der Waals surface area contributed by atoms with Crippen molar-refractivity contribution in [2.24, 2.45) is 0 Å². The molecule has 1 aromatic rings. The molecule has 0 aliphatic heterocycles. The van der Waals surface area contributed by atoms with E-state index in [0.29, 0.717) is 11.9 Å². The van der Waals surface area contributed by atoms with Crippen LogP contribution in [0.2, 0.25) is 0 Å². The number of thioether (sulfide) groups is 1. The molecule has 0 bridgehead atoms. The van der Waals surface area contributed by atoms with Gasteiger partial charge in [0.15, 0.2) is 0 Å². The van der Waals surface area contributed by atoms with E-state index in [1.54, 1.807) is 6.07 Å². The molecule has 1 unspecified atom stereocenters. The third-order valence-corrected chi connectivity index (χ3v) is 3.08. The summed E-state index contributed by atoms with van der Waals surface area (Å²) in [4.78, 5) is 10.2. The standard InChI is InChI=1S/C10H18N4S/c1-8(4-5-15-3)14(2)10-6-9(11)12-7-13-10/h6-8H,4-5H2,1-3H3,(H2,11,12,13). The van der Waals surface area contributed by atoms with Crippen LogP contribution in [0, 0.1) is 0 Å². The fourth-order valence-electron chi connectivity index (χ4n) is 1.26. The zero-order valence-electron chi connectivity index (χ0n) is 9.47. The molecule has 84 valence electrons. The molecule has 0 aliphatic rings. The third kappa shape index (κ3) is 3.58. The van der Waals surface area contributed by atoms with E-state index in [9.17, 15) is 0 Å². The fraction of sp³-hybridized carbons (Fsp3) is 0.600. The summed E-state index contributed by atoms with van der Waals surface area (Å²) in [5.74, 6) is 2.56. The maximum atomic E-state index is 5.61. The summed E-state index contributed by atoms with van der Waals surface area (Å²) in [6.07, 6.45) is 4.76. The summed E-state index contributed by atoms with van der Waals surface area (Å²) in [6.45, 7) is 2.19. The molecule has 4 nitrogen and oxygen atoms in total. The van der Waals surface area contributed by atoms with Crippen LogP contribution in [0.5, 0.6) is 0 Å². The molecule has 5 heteroatoms. The Morgan fingerprint density at radius 3 is 2.87 bits per heavy atom. The second kappa shape index (κ2) is 5.80. The van der Waals surface area contributed by atoms with Crippen molar-refractivity contribution in [3.05, 3.63) is 12.4 Å². The van der Waals surface area contributed by atoms with Crippen LogP contribution < -0.4 is 10.6 Å². The molecule has 1 heterocycles. The molecule has 0 amide bonds. The Labute approximate surface area is 95.3 Å². The average molecular weight is 226 g/mol. The van der Waals surface area contributed by atoms with Crippen LogP contribution in [-0.2, 0) is 0 Å². The van der Waals surface area contributed by atoms with Crippen molar-refractivity contribution in [2.75, 3.05) is 29.7 Å². The number of aromatic nitrogens is 2. The minimum atomic E-state index is 0.465. The molecule has 0 saturated heterocycles. The van der Waals surface area contributed by atoms with Gasteiger partial charge < -0.3 is 10.6 Å². The van der Waals surface area contributed by atoms with Gasteiger partial charge in [0.05, 0.1) is 0 Å². The van der Waals surface area contributed by atoms with Crippen molar-refractivity contribution < 1.29 is 0 Å². The first-order valence-electron chi connectivity index (χ1n) is 4.94. The molecule has 0 radical (unpaired) electrons. The maximum absolute atomic E-state index is 5.61. The lowest BCUT2D eigenvalue weighted by atomic mass is 10.2. The maximum Gasteiger partial charge on any atom is 0.134 e. The zero-order chi connectivity index (χ0) is 11.3. The average Bonchev–Trinajstić information content (AvgIpc) is 2.24. The molecule has 1 atom stereocenters. The van der Waals surface area contributed by atoms with Crippen molar-refractivity contribution in [3.8, 4) is 0 Å². The SMILES string of the molecule is CSCCC(C)N(C)c1cc(N)ncn1. The smallest absolute Gasteiger partial charge is 0.134 e. The first kappa shape index (κ1) is 12.1. The van der Waals surface area contributed by atoms with Crippen LogP contribution in [-0.4, -0.2) is 35.1 Å². The second-order valence-electron chi connectivity index (χ2n) is 3.54. The Morgan fingerprint density at radius 2 is 2.27 bits per heavy atom. The monoisotopic (exact) mass is 226 g/mol. The van der Waals surface area contributed by atoms with Crippen LogP contribution in [0.1, 0.15) is 13.3 Å². The predicted molar refractivity (Wildman–Crippen MR) is 67.3 cm³/mol. The van der Waals surface area contributed by atoms with E-state index in [4.69, 9.17) is 5.73 Å². The quantitative estimate of drug-likeness (QED) is 0.827. The highest BCUT2D eigenvalue weighted by molar-refractivity contribution is 7.98. The van der Waals surface area contributed by atoms with Crippen LogP contribution in [0.25, 0.3) is 0 Å². The second-order valence-corrected chi connectivity index (χ2v) is 4.53. The number of hydrogen-bond donors (Lipinski definition) is 1. The highest BCUT2D eigenvalue weighted by Gasteiger charge is 2.10. The number of anilines is 2. The Kier molecular flexibility index (Phi) is 4.68. The summed E-state index contributed by atoms with van der Waals surface area (Å²) in [7, 11) is 2.03. The van der Waals surface area contributed by atoms with Crippen molar-refractivity contribution in [1.29, 1.82) is 0 Å². The summed E-state index contributed by atoms with van der Waals surface area (Å²) in [5, 5.41) is 0. The largest absolute Gasteiger partial charge is 0.384 e. The summed E-state index contributed by atoms with van der Waals surface area (Å²) in [6, 6.07) is 2.27. The van der Waals surface area contributed by atoms with Crippen molar-refractivity contribution >= 4 is 23.4 Å². The van der Waals surface area contributed by atoms with Crippen LogP contribution in [0.15, 0.2) is 12.4 Å². The van der Waals surface area contributed by atoms with Gasteiger partial charge in [0.25, 0.3) is 0 Å². The van der Waals surface area contributed by atoms with Crippen LogP contribution in [0.3, 0.4) is 0 Å². The normalized spacial score (nSPS) is 12.5. The van der Waals surface area contributed by atoms with Crippen LogP contribution >= 0.6 is 11.8 Å². The molecular formula is C10H18N4S. The molecule has 0 aliphatic carbocycles. The van der Waals surface area contributed by atoms with E-state index in [0.717, 1.165) is 18.0 Å². The van der Waals surface area contributed by atoms with Gasteiger partial charge in [-0.1, -0.05) is 0 Å². The molecule has 0 saturated carbocycles. The van der Waals surface area contributed by atoms with E-state index >= 15 is 0 Å². The molecule has 1 aromatic heterocycles. The first-order valence-corrected chi connectivity index (χ1v) is 6.34. The number of hydrogen-bond acceptors (Lipinski definition) is 5. The number of nitrogen functional groups attached to an aromatic ring is 1. The first-order chi connectivity index (χ1) is 7.15. The van der Waals surface area contributed by atoms with E-state index < -0.39 is 0 Å². The van der Waals surface area contributed by atoms with E-state index in [1.165, 1.54) is 6.33 Å². The molecule has 1 rings (SSSR count). The van der Waals surface area contributed by atoms with Gasteiger partial charge in [-0.05, 0) is 25.4 Å². The minimum absolute atomic E-state index is 0.465. The van der Waals surface area contributed by atoms with Crippen molar-refractivity contribution in [1.82, 2.24) is 9.97 Å². The minimum Gasteiger partial charge on any atom is -0.384 e. The van der Waals surface area contributed by atoms with E-state index in [1.807, 2.05) is 18.8 Å². The molecular weight excluding hydrogens is 208 g/mol. The molecule has 0 spiro atoms. The Morgan fingerprint density at radius 1 is 1.53 bits per heavy atom. The summed E-state index contributed by atoms with van der Waals surface area (Å²) < 4.78 is 0. The van der Waals surface area contributed by atoms with Gasteiger partial charge in [-0.3, -0.25) is 0 Å². The molecule has 0 aromatic carbocycles. The van der Waals surface area contributed by atoms with Gasteiger partial charge in [0.1, 0.15) is 18.0 Å². The van der Waals surface area contributed by atoms with Gasteiger partial charge >= 0.3 is 0 Å². The number of nitrogens with zero attached hydrogens (tertiary/aromatic N) is 3. The topological polar surface area (TPSA) is 55.0 Å². The summed E-state index contributed by atoms with van der Waals surface area (Å²) >= 11 is 1.86.